The molecular weight excluding hydrogens is 325 g/mol. The Bertz CT molecular complexity index is 768. The number of carbonyl (C=O) groups excluding carboxylic acids is 1. The molecule has 1 aromatic heterocycles. The molecule has 22 heavy (non-hydrogen) atoms. The zero-order valence-corrected chi connectivity index (χ0v) is 13.1. The second-order valence-corrected chi connectivity index (χ2v) is 6.28. The van der Waals surface area contributed by atoms with Crippen LogP contribution in [0, 0.1) is 0 Å². The molecule has 8 heteroatoms. The van der Waals surface area contributed by atoms with Crippen molar-refractivity contribution in [2.24, 2.45) is 0 Å². The summed E-state index contributed by atoms with van der Waals surface area (Å²) in [4.78, 5) is 24.7. The fourth-order valence-electron chi connectivity index (χ4n) is 2.96. The normalized spacial score (nSPS) is 21.2. The number of carbonyl (C=O) groups is 1. The maximum atomic E-state index is 11.6. The number of halogens is 2. The molecule has 2 fully saturated rings. The minimum atomic E-state index is 0.0238. The molecule has 2 amide bonds. The average molecular weight is 338 g/mol. The largest absolute Gasteiger partial charge is 0.351 e. The predicted octanol–water partition coefficient (Wildman–Crippen LogP) is 2.15. The molecule has 0 aliphatic carbocycles. The molecule has 1 N–H and O–H groups in total. The number of benzene rings is 1. The summed E-state index contributed by atoms with van der Waals surface area (Å²) in [5, 5.41) is 3.81. The van der Waals surface area contributed by atoms with Crippen LogP contribution < -0.4 is 10.2 Å². The average Bonchev–Trinajstić information content (AvgIpc) is 2.89. The number of nitrogens with one attached hydrogen (secondary N) is 1. The third-order valence-electron chi connectivity index (χ3n) is 4.13. The molecule has 4 rings (SSSR count). The first-order chi connectivity index (χ1) is 10.6. The van der Waals surface area contributed by atoms with E-state index in [-0.39, 0.29) is 12.1 Å². The van der Waals surface area contributed by atoms with E-state index in [0.717, 1.165) is 29.9 Å². The summed E-state index contributed by atoms with van der Waals surface area (Å²) in [5.41, 5.74) is 1.43. The molecule has 2 aliphatic rings. The maximum Gasteiger partial charge on any atom is 0.317 e. The zero-order chi connectivity index (χ0) is 15.3. The summed E-state index contributed by atoms with van der Waals surface area (Å²) in [6.45, 7) is 2.86. The van der Waals surface area contributed by atoms with Crippen LogP contribution in [0.4, 0.5) is 10.6 Å². The van der Waals surface area contributed by atoms with Crippen LogP contribution in [0.15, 0.2) is 18.3 Å². The topological polar surface area (TPSA) is 61.4 Å². The molecule has 0 spiro atoms. The molecule has 0 unspecified atom stereocenters. The number of urea groups is 1. The van der Waals surface area contributed by atoms with Crippen LogP contribution in [-0.4, -0.2) is 53.1 Å². The number of piperazine rings is 1. The van der Waals surface area contributed by atoms with Crippen molar-refractivity contribution in [1.29, 1.82) is 0 Å². The van der Waals surface area contributed by atoms with E-state index in [9.17, 15) is 4.79 Å². The van der Waals surface area contributed by atoms with Gasteiger partial charge < -0.3 is 15.1 Å². The second kappa shape index (κ2) is 5.14. The van der Waals surface area contributed by atoms with E-state index < -0.39 is 0 Å². The van der Waals surface area contributed by atoms with E-state index >= 15 is 0 Å². The summed E-state index contributed by atoms with van der Waals surface area (Å²) >= 11 is 12.0. The highest BCUT2D eigenvalue weighted by atomic mass is 35.5. The standard InChI is InChI=1S/C14H13Cl2N5O/c15-9-3-11-12(4-10(9)16)19-13(6-17-11)20-1-2-21-8(7-20)5-18-14(21)22/h3-4,6,8H,1-2,5,7H2,(H,18,22)/t8-/m0/s1. The molecular formula is C14H13Cl2N5O. The summed E-state index contributed by atoms with van der Waals surface area (Å²) < 4.78 is 0. The first-order valence-corrected chi connectivity index (χ1v) is 7.78. The third-order valence-corrected chi connectivity index (χ3v) is 4.85. The fraction of sp³-hybridized carbons (Fsp3) is 0.357. The van der Waals surface area contributed by atoms with Gasteiger partial charge in [0.15, 0.2) is 0 Å². The van der Waals surface area contributed by atoms with Gasteiger partial charge in [0.2, 0.25) is 0 Å². The first kappa shape index (κ1) is 13.8. The molecule has 0 radical (unpaired) electrons. The van der Waals surface area contributed by atoms with Gasteiger partial charge in [0.1, 0.15) is 5.82 Å². The van der Waals surface area contributed by atoms with E-state index in [1.807, 2.05) is 4.90 Å². The molecule has 0 saturated carbocycles. The number of amides is 2. The minimum Gasteiger partial charge on any atom is -0.351 e. The molecule has 1 aromatic carbocycles. The van der Waals surface area contributed by atoms with Gasteiger partial charge in [-0.15, -0.1) is 0 Å². The number of aromatic nitrogens is 2. The molecule has 2 aliphatic heterocycles. The predicted molar refractivity (Wildman–Crippen MR) is 85.7 cm³/mol. The van der Waals surface area contributed by atoms with Crippen LogP contribution in [0.5, 0.6) is 0 Å². The Labute approximate surface area is 137 Å². The summed E-state index contributed by atoms with van der Waals surface area (Å²) in [7, 11) is 0. The minimum absolute atomic E-state index is 0.0238. The number of hydrogen-bond acceptors (Lipinski definition) is 4. The third kappa shape index (κ3) is 2.23. The second-order valence-electron chi connectivity index (χ2n) is 5.46. The number of fused-ring (bicyclic) bond motifs is 2. The lowest BCUT2D eigenvalue weighted by molar-refractivity contribution is 0.197. The van der Waals surface area contributed by atoms with Crippen LogP contribution in [0.1, 0.15) is 0 Å². The van der Waals surface area contributed by atoms with Crippen LogP contribution in [0.2, 0.25) is 10.0 Å². The SMILES string of the molecule is O=C1NC[C@H]2CN(c3cnc4cc(Cl)c(Cl)cc4n3)CCN12. The Morgan fingerprint density at radius 2 is 1.95 bits per heavy atom. The summed E-state index contributed by atoms with van der Waals surface area (Å²) in [6.07, 6.45) is 1.74. The highest BCUT2D eigenvalue weighted by Gasteiger charge is 2.35. The van der Waals surface area contributed by atoms with E-state index in [1.54, 1.807) is 18.3 Å². The van der Waals surface area contributed by atoms with Gasteiger partial charge in [0.25, 0.3) is 0 Å². The number of rotatable bonds is 1. The van der Waals surface area contributed by atoms with Crippen LogP contribution in [-0.2, 0) is 0 Å². The van der Waals surface area contributed by atoms with Crippen molar-refractivity contribution in [2.45, 2.75) is 6.04 Å². The van der Waals surface area contributed by atoms with E-state index in [1.165, 1.54) is 0 Å². The monoisotopic (exact) mass is 337 g/mol. The molecule has 3 heterocycles. The lowest BCUT2D eigenvalue weighted by Crippen LogP contribution is -2.52. The lowest BCUT2D eigenvalue weighted by Gasteiger charge is -2.36. The van der Waals surface area contributed by atoms with Gasteiger partial charge in [0, 0.05) is 26.2 Å². The molecule has 6 nitrogen and oxygen atoms in total. The fourth-order valence-corrected chi connectivity index (χ4v) is 3.28. The van der Waals surface area contributed by atoms with Gasteiger partial charge in [-0.05, 0) is 12.1 Å². The summed E-state index contributed by atoms with van der Waals surface area (Å²) in [5.74, 6) is 0.796. The molecule has 2 aromatic rings. The smallest absolute Gasteiger partial charge is 0.317 e. The van der Waals surface area contributed by atoms with E-state index in [4.69, 9.17) is 23.2 Å². The first-order valence-electron chi connectivity index (χ1n) is 7.03. The Morgan fingerprint density at radius 1 is 1.18 bits per heavy atom. The number of nitrogens with zero attached hydrogens (tertiary/aromatic N) is 4. The summed E-state index contributed by atoms with van der Waals surface area (Å²) in [6, 6.07) is 3.66. The van der Waals surface area contributed by atoms with Crippen LogP contribution in [0.25, 0.3) is 11.0 Å². The zero-order valence-electron chi connectivity index (χ0n) is 11.6. The Morgan fingerprint density at radius 3 is 2.77 bits per heavy atom. The van der Waals surface area contributed by atoms with E-state index in [0.29, 0.717) is 23.1 Å². The number of anilines is 1. The van der Waals surface area contributed by atoms with Gasteiger partial charge in [-0.25, -0.2) is 9.78 Å². The van der Waals surface area contributed by atoms with Gasteiger partial charge in [0.05, 0.1) is 33.3 Å². The van der Waals surface area contributed by atoms with Crippen LogP contribution >= 0.6 is 23.2 Å². The number of hydrogen-bond donors (Lipinski definition) is 1. The van der Waals surface area contributed by atoms with Crippen molar-refractivity contribution in [3.63, 3.8) is 0 Å². The highest BCUT2D eigenvalue weighted by Crippen LogP contribution is 2.27. The van der Waals surface area contributed by atoms with Crippen molar-refractivity contribution in [3.05, 3.63) is 28.4 Å². The van der Waals surface area contributed by atoms with Gasteiger partial charge in [-0.2, -0.15) is 0 Å². The van der Waals surface area contributed by atoms with Crippen molar-refractivity contribution in [1.82, 2.24) is 20.2 Å². The quantitative estimate of drug-likeness (QED) is 0.866. The Hall–Kier alpha value is -1.79. The van der Waals surface area contributed by atoms with Crippen molar-refractivity contribution in [3.8, 4) is 0 Å². The maximum absolute atomic E-state index is 11.6. The Kier molecular flexibility index (Phi) is 3.23. The van der Waals surface area contributed by atoms with E-state index in [2.05, 4.69) is 20.2 Å². The van der Waals surface area contributed by atoms with Crippen molar-refractivity contribution in [2.75, 3.05) is 31.1 Å². The van der Waals surface area contributed by atoms with Crippen LogP contribution in [0.3, 0.4) is 0 Å². The highest BCUT2D eigenvalue weighted by molar-refractivity contribution is 6.42. The van der Waals surface area contributed by atoms with Gasteiger partial charge >= 0.3 is 6.03 Å². The molecule has 0 bridgehead atoms. The molecule has 1 atom stereocenters. The van der Waals surface area contributed by atoms with Crippen molar-refractivity contribution < 1.29 is 4.79 Å². The van der Waals surface area contributed by atoms with Gasteiger partial charge in [-0.1, -0.05) is 23.2 Å². The Balaban J connectivity index is 1.64. The van der Waals surface area contributed by atoms with Gasteiger partial charge in [-0.3, -0.25) is 4.98 Å². The molecule has 114 valence electrons. The molecule has 2 saturated heterocycles. The lowest BCUT2D eigenvalue weighted by atomic mass is 10.2. The van der Waals surface area contributed by atoms with Crippen molar-refractivity contribution >= 4 is 46.1 Å².